The van der Waals surface area contributed by atoms with Gasteiger partial charge in [0.05, 0.1) is 6.42 Å². The van der Waals surface area contributed by atoms with Crippen molar-refractivity contribution >= 4 is 35.2 Å². The van der Waals surface area contributed by atoms with Crippen LogP contribution in [0, 0.1) is 0 Å². The van der Waals surface area contributed by atoms with Crippen LogP contribution in [-0.4, -0.2) is 30.1 Å². The summed E-state index contributed by atoms with van der Waals surface area (Å²) in [4.78, 5) is 35.6. The molecule has 0 unspecified atom stereocenters. The molecular weight excluding hydrogens is 406 g/mol. The van der Waals surface area contributed by atoms with Crippen LogP contribution in [0.4, 0.5) is 10.5 Å². The fraction of sp³-hybridized carbons (Fsp3) is 0.318. The number of nitrogens with one attached hydrogen (secondary N) is 3. The van der Waals surface area contributed by atoms with E-state index < -0.39 is 11.7 Å². The molecule has 0 aliphatic heterocycles. The van der Waals surface area contributed by atoms with E-state index in [2.05, 4.69) is 16.0 Å². The smallest absolute Gasteiger partial charge is 0.408 e. The average Bonchev–Trinajstić information content (AvgIpc) is 2.66. The molecule has 3 N–H and O–H groups in total. The van der Waals surface area contributed by atoms with Gasteiger partial charge in [-0.05, 0) is 50.1 Å². The number of carbonyl (C=O) groups is 3. The molecule has 0 fully saturated rings. The number of halogens is 1. The molecule has 0 heterocycles. The summed E-state index contributed by atoms with van der Waals surface area (Å²) in [5.41, 5.74) is 1.64. The summed E-state index contributed by atoms with van der Waals surface area (Å²) in [6.07, 6.45) is -0.461. The lowest BCUT2D eigenvalue weighted by atomic mass is 10.1. The predicted octanol–water partition coefficient (Wildman–Crippen LogP) is 3.66. The largest absolute Gasteiger partial charge is 0.444 e. The van der Waals surface area contributed by atoms with Gasteiger partial charge in [-0.1, -0.05) is 41.9 Å². The molecule has 160 valence electrons. The quantitative estimate of drug-likeness (QED) is 0.623. The van der Waals surface area contributed by atoms with Crippen LogP contribution < -0.4 is 16.0 Å². The third kappa shape index (κ3) is 8.53. The highest BCUT2D eigenvalue weighted by Gasteiger charge is 2.16. The summed E-state index contributed by atoms with van der Waals surface area (Å²) in [7, 11) is 0. The van der Waals surface area contributed by atoms with E-state index >= 15 is 0 Å². The summed E-state index contributed by atoms with van der Waals surface area (Å²) < 4.78 is 5.07. The van der Waals surface area contributed by atoms with Crippen molar-refractivity contribution < 1.29 is 19.1 Å². The van der Waals surface area contributed by atoms with Crippen LogP contribution in [-0.2, 0) is 27.3 Å². The van der Waals surface area contributed by atoms with Crippen LogP contribution in [0.2, 0.25) is 5.02 Å². The molecule has 3 amide bonds. The van der Waals surface area contributed by atoms with Crippen LogP contribution in [0.15, 0.2) is 48.5 Å². The Labute approximate surface area is 181 Å². The molecule has 0 saturated carbocycles. The Balaban J connectivity index is 1.75. The number of amides is 3. The molecule has 0 aromatic heterocycles. The summed E-state index contributed by atoms with van der Waals surface area (Å²) in [5.74, 6) is -0.504. The van der Waals surface area contributed by atoms with Crippen molar-refractivity contribution in [3.63, 3.8) is 0 Å². The van der Waals surface area contributed by atoms with E-state index in [0.717, 1.165) is 11.1 Å². The van der Waals surface area contributed by atoms with Crippen molar-refractivity contribution in [2.75, 3.05) is 11.9 Å². The number of anilines is 1. The SMILES string of the molecule is CC(C)(C)OC(=O)NCC(=O)NCc1ccc(NC(=O)Cc2ccccc2Cl)cc1. The second-order valence-corrected chi connectivity index (χ2v) is 8.05. The number of hydrogen-bond acceptors (Lipinski definition) is 4. The Morgan fingerprint density at radius 1 is 0.933 bits per heavy atom. The zero-order valence-electron chi connectivity index (χ0n) is 17.3. The molecule has 0 bridgehead atoms. The fourth-order valence-corrected chi connectivity index (χ4v) is 2.66. The van der Waals surface area contributed by atoms with Crippen LogP contribution in [0.3, 0.4) is 0 Å². The second-order valence-electron chi connectivity index (χ2n) is 7.65. The summed E-state index contributed by atoms with van der Waals surface area (Å²) in [5, 5.41) is 8.47. The van der Waals surface area contributed by atoms with Gasteiger partial charge in [0.1, 0.15) is 12.1 Å². The highest BCUT2D eigenvalue weighted by Crippen LogP contribution is 2.16. The van der Waals surface area contributed by atoms with Crippen LogP contribution in [0.5, 0.6) is 0 Å². The van der Waals surface area contributed by atoms with Crippen molar-refractivity contribution in [1.82, 2.24) is 10.6 Å². The van der Waals surface area contributed by atoms with E-state index in [-0.39, 0.29) is 24.8 Å². The maximum atomic E-state index is 12.2. The molecule has 0 aliphatic rings. The zero-order valence-corrected chi connectivity index (χ0v) is 18.0. The number of hydrogen-bond donors (Lipinski definition) is 3. The highest BCUT2D eigenvalue weighted by atomic mass is 35.5. The summed E-state index contributed by atoms with van der Waals surface area (Å²) in [6, 6.07) is 14.3. The number of benzene rings is 2. The maximum Gasteiger partial charge on any atom is 0.408 e. The van der Waals surface area contributed by atoms with Crippen molar-refractivity contribution in [1.29, 1.82) is 0 Å². The van der Waals surface area contributed by atoms with Crippen LogP contribution >= 0.6 is 11.6 Å². The lowest BCUT2D eigenvalue weighted by Gasteiger charge is -2.19. The predicted molar refractivity (Wildman–Crippen MR) is 116 cm³/mol. The van der Waals surface area contributed by atoms with E-state index in [1.54, 1.807) is 51.1 Å². The van der Waals surface area contributed by atoms with E-state index in [1.807, 2.05) is 18.2 Å². The van der Waals surface area contributed by atoms with Crippen molar-refractivity contribution in [2.45, 2.75) is 39.3 Å². The molecule has 0 saturated heterocycles. The molecule has 8 heteroatoms. The van der Waals surface area contributed by atoms with Crippen molar-refractivity contribution in [3.05, 3.63) is 64.7 Å². The fourth-order valence-electron chi connectivity index (χ4n) is 2.46. The molecule has 7 nitrogen and oxygen atoms in total. The minimum absolute atomic E-state index is 0.169. The maximum absolute atomic E-state index is 12.2. The number of rotatable bonds is 7. The number of alkyl carbamates (subject to hydrolysis) is 1. The Hall–Kier alpha value is -3.06. The monoisotopic (exact) mass is 431 g/mol. The summed E-state index contributed by atoms with van der Waals surface area (Å²) >= 11 is 6.08. The first-order chi connectivity index (χ1) is 14.1. The Kier molecular flexibility index (Phi) is 8.24. The third-order valence-corrected chi connectivity index (χ3v) is 4.20. The molecule has 2 aromatic rings. The molecule has 2 rings (SSSR count). The number of carbonyl (C=O) groups excluding carboxylic acids is 3. The Bertz CT molecular complexity index is 892. The van der Waals surface area contributed by atoms with Gasteiger partial charge in [-0.15, -0.1) is 0 Å². The third-order valence-electron chi connectivity index (χ3n) is 3.83. The van der Waals surface area contributed by atoms with Gasteiger partial charge in [0.25, 0.3) is 0 Å². The topological polar surface area (TPSA) is 96.5 Å². The van der Waals surface area contributed by atoms with Gasteiger partial charge < -0.3 is 20.7 Å². The molecule has 0 atom stereocenters. The van der Waals surface area contributed by atoms with Gasteiger partial charge in [0.15, 0.2) is 0 Å². The van der Waals surface area contributed by atoms with Gasteiger partial charge in [0, 0.05) is 17.3 Å². The van der Waals surface area contributed by atoms with Gasteiger partial charge >= 0.3 is 6.09 Å². The van der Waals surface area contributed by atoms with E-state index in [9.17, 15) is 14.4 Å². The van der Waals surface area contributed by atoms with Crippen LogP contribution in [0.1, 0.15) is 31.9 Å². The molecule has 0 radical (unpaired) electrons. The van der Waals surface area contributed by atoms with Gasteiger partial charge in [-0.3, -0.25) is 9.59 Å². The van der Waals surface area contributed by atoms with E-state index in [4.69, 9.17) is 16.3 Å². The number of ether oxygens (including phenoxy) is 1. The Morgan fingerprint density at radius 3 is 2.23 bits per heavy atom. The lowest BCUT2D eigenvalue weighted by molar-refractivity contribution is -0.120. The molecular formula is C22H26ClN3O4. The summed E-state index contributed by atoms with van der Waals surface area (Å²) in [6.45, 7) is 5.36. The standard InChI is InChI=1S/C22H26ClN3O4/c1-22(2,3)30-21(29)25-14-20(28)24-13-15-8-10-17(11-9-15)26-19(27)12-16-6-4-5-7-18(16)23/h4-11H,12-14H2,1-3H3,(H,24,28)(H,25,29)(H,26,27). The van der Waals surface area contributed by atoms with Crippen molar-refractivity contribution in [2.24, 2.45) is 0 Å². The first-order valence-corrected chi connectivity index (χ1v) is 9.86. The zero-order chi connectivity index (χ0) is 22.1. The molecule has 0 aliphatic carbocycles. The van der Waals surface area contributed by atoms with Crippen molar-refractivity contribution in [3.8, 4) is 0 Å². The van der Waals surface area contributed by atoms with Gasteiger partial charge in [-0.25, -0.2) is 4.79 Å². The first-order valence-electron chi connectivity index (χ1n) is 9.48. The molecule has 0 spiro atoms. The minimum atomic E-state index is -0.644. The van der Waals surface area contributed by atoms with Gasteiger partial charge in [0.2, 0.25) is 11.8 Å². The normalized spacial score (nSPS) is 10.8. The molecule has 2 aromatic carbocycles. The Morgan fingerprint density at radius 2 is 1.60 bits per heavy atom. The van der Waals surface area contributed by atoms with E-state index in [1.165, 1.54) is 0 Å². The van der Waals surface area contributed by atoms with Crippen LogP contribution in [0.25, 0.3) is 0 Å². The average molecular weight is 432 g/mol. The minimum Gasteiger partial charge on any atom is -0.444 e. The first kappa shape index (κ1) is 23.2. The van der Waals surface area contributed by atoms with Gasteiger partial charge in [-0.2, -0.15) is 0 Å². The van der Waals surface area contributed by atoms with E-state index in [0.29, 0.717) is 17.3 Å². The highest BCUT2D eigenvalue weighted by molar-refractivity contribution is 6.31. The molecule has 30 heavy (non-hydrogen) atoms. The lowest BCUT2D eigenvalue weighted by Crippen LogP contribution is -2.39. The second kappa shape index (κ2) is 10.6.